The summed E-state index contributed by atoms with van der Waals surface area (Å²) in [7, 11) is 3.94. The molecule has 2 rings (SSSR count). The minimum atomic E-state index is -0.0151. The quantitative estimate of drug-likeness (QED) is 0.831. The summed E-state index contributed by atoms with van der Waals surface area (Å²) in [4.78, 5) is 1.38. The maximum absolute atomic E-state index is 6.02. The second-order valence-corrected chi connectivity index (χ2v) is 6.51. The SMILES string of the molecule is CNC(c1csc(C)c1)C1(OC)CCCCCC1. The van der Waals surface area contributed by atoms with E-state index >= 15 is 0 Å². The molecule has 3 heteroatoms. The smallest absolute Gasteiger partial charge is 0.0872 e. The Kier molecular flexibility index (Phi) is 4.82. The number of aryl methyl sites for hydroxylation is 1. The minimum Gasteiger partial charge on any atom is -0.376 e. The lowest BCUT2D eigenvalue weighted by Crippen LogP contribution is -2.44. The van der Waals surface area contributed by atoms with Crippen LogP contribution in [0.4, 0.5) is 0 Å². The zero-order valence-electron chi connectivity index (χ0n) is 11.8. The fourth-order valence-corrected chi connectivity index (χ4v) is 4.02. The molecule has 1 aromatic heterocycles. The van der Waals surface area contributed by atoms with Gasteiger partial charge in [-0.15, -0.1) is 11.3 Å². The van der Waals surface area contributed by atoms with Gasteiger partial charge in [-0.25, -0.2) is 0 Å². The lowest BCUT2D eigenvalue weighted by atomic mass is 9.83. The maximum Gasteiger partial charge on any atom is 0.0872 e. The molecule has 1 fully saturated rings. The van der Waals surface area contributed by atoms with Gasteiger partial charge in [-0.1, -0.05) is 25.7 Å². The van der Waals surface area contributed by atoms with Crippen molar-refractivity contribution in [3.63, 3.8) is 0 Å². The molecule has 18 heavy (non-hydrogen) atoms. The second-order valence-electron chi connectivity index (χ2n) is 5.40. The predicted molar refractivity (Wildman–Crippen MR) is 78.3 cm³/mol. The average molecular weight is 267 g/mol. The van der Waals surface area contributed by atoms with Gasteiger partial charge in [0.05, 0.1) is 11.6 Å². The summed E-state index contributed by atoms with van der Waals surface area (Å²) < 4.78 is 6.02. The van der Waals surface area contributed by atoms with Gasteiger partial charge >= 0.3 is 0 Å². The molecule has 0 spiro atoms. The van der Waals surface area contributed by atoms with Crippen LogP contribution in [-0.4, -0.2) is 19.8 Å². The normalized spacial score (nSPS) is 21.5. The molecule has 0 amide bonds. The van der Waals surface area contributed by atoms with E-state index < -0.39 is 0 Å². The van der Waals surface area contributed by atoms with E-state index in [4.69, 9.17) is 4.74 Å². The van der Waals surface area contributed by atoms with Crippen molar-refractivity contribution < 1.29 is 4.74 Å². The van der Waals surface area contributed by atoms with E-state index in [9.17, 15) is 0 Å². The van der Waals surface area contributed by atoms with E-state index in [1.807, 2.05) is 18.4 Å². The van der Waals surface area contributed by atoms with Gasteiger partial charge in [-0.2, -0.15) is 0 Å². The van der Waals surface area contributed by atoms with E-state index in [2.05, 4.69) is 30.7 Å². The number of ether oxygens (including phenoxy) is 1. The molecule has 102 valence electrons. The minimum absolute atomic E-state index is 0.0151. The third kappa shape index (κ3) is 2.79. The molecule has 2 nitrogen and oxygen atoms in total. The van der Waals surface area contributed by atoms with Gasteiger partial charge in [0.2, 0.25) is 0 Å². The van der Waals surface area contributed by atoms with Crippen LogP contribution in [0.15, 0.2) is 11.4 Å². The van der Waals surface area contributed by atoms with Crippen LogP contribution in [0.3, 0.4) is 0 Å². The molecule has 0 bridgehead atoms. The zero-order chi connectivity index (χ0) is 13.0. The highest BCUT2D eigenvalue weighted by Gasteiger charge is 2.39. The molecule has 0 aliphatic heterocycles. The molecule has 1 N–H and O–H groups in total. The van der Waals surface area contributed by atoms with Crippen LogP contribution >= 0.6 is 11.3 Å². The van der Waals surface area contributed by atoms with Crippen LogP contribution in [-0.2, 0) is 4.74 Å². The van der Waals surface area contributed by atoms with Crippen molar-refractivity contribution in [3.8, 4) is 0 Å². The van der Waals surface area contributed by atoms with Crippen molar-refractivity contribution >= 4 is 11.3 Å². The molecule has 1 aliphatic rings. The first-order valence-electron chi connectivity index (χ1n) is 6.99. The van der Waals surface area contributed by atoms with Gasteiger partial charge < -0.3 is 10.1 Å². The van der Waals surface area contributed by atoms with E-state index in [0.717, 1.165) is 0 Å². The summed E-state index contributed by atoms with van der Waals surface area (Å²) in [5.41, 5.74) is 1.38. The van der Waals surface area contributed by atoms with Crippen molar-refractivity contribution in [3.05, 3.63) is 21.9 Å². The Balaban J connectivity index is 2.27. The predicted octanol–water partition coefficient (Wildman–Crippen LogP) is 4.06. The molecule has 1 saturated carbocycles. The highest BCUT2D eigenvalue weighted by atomic mass is 32.1. The number of thiophene rings is 1. The summed E-state index contributed by atoms with van der Waals surface area (Å²) in [5.74, 6) is 0. The standard InChI is InChI=1S/C15H25NOS/c1-12-10-13(11-18-12)14(16-2)15(17-3)8-6-4-5-7-9-15/h10-11,14,16H,4-9H2,1-3H3. The zero-order valence-corrected chi connectivity index (χ0v) is 12.6. The Morgan fingerprint density at radius 2 is 1.94 bits per heavy atom. The van der Waals surface area contributed by atoms with Crippen molar-refractivity contribution in [2.75, 3.05) is 14.2 Å². The summed E-state index contributed by atoms with van der Waals surface area (Å²) >= 11 is 1.83. The van der Waals surface area contributed by atoms with E-state index in [1.165, 1.54) is 49.0 Å². The van der Waals surface area contributed by atoms with Crippen molar-refractivity contribution in [2.45, 2.75) is 57.1 Å². The van der Waals surface area contributed by atoms with Gasteiger partial charge in [-0.3, -0.25) is 0 Å². The van der Waals surface area contributed by atoms with Crippen LogP contribution in [0, 0.1) is 6.92 Å². The summed E-state index contributed by atoms with van der Waals surface area (Å²) in [5, 5.41) is 5.78. The molecule has 1 unspecified atom stereocenters. The van der Waals surface area contributed by atoms with E-state index in [-0.39, 0.29) is 5.60 Å². The van der Waals surface area contributed by atoms with Crippen molar-refractivity contribution in [2.24, 2.45) is 0 Å². The van der Waals surface area contributed by atoms with Gasteiger partial charge in [0.25, 0.3) is 0 Å². The number of nitrogens with one attached hydrogen (secondary N) is 1. The first-order valence-corrected chi connectivity index (χ1v) is 7.87. The number of hydrogen-bond donors (Lipinski definition) is 1. The molecule has 1 aromatic rings. The van der Waals surface area contributed by atoms with Crippen molar-refractivity contribution in [1.29, 1.82) is 0 Å². The molecule has 1 aliphatic carbocycles. The van der Waals surface area contributed by atoms with E-state index in [1.54, 1.807) is 0 Å². The Hall–Kier alpha value is -0.380. The molecular weight excluding hydrogens is 242 g/mol. The first kappa shape index (κ1) is 14.0. The molecule has 0 aromatic carbocycles. The Morgan fingerprint density at radius 1 is 1.28 bits per heavy atom. The van der Waals surface area contributed by atoms with Crippen LogP contribution in [0.1, 0.15) is 55.0 Å². The molecule has 1 heterocycles. The monoisotopic (exact) mass is 267 g/mol. The van der Waals surface area contributed by atoms with Gasteiger partial charge in [0.1, 0.15) is 0 Å². The van der Waals surface area contributed by atoms with Crippen molar-refractivity contribution in [1.82, 2.24) is 5.32 Å². The van der Waals surface area contributed by atoms with E-state index in [0.29, 0.717) is 6.04 Å². The molecule has 1 atom stereocenters. The van der Waals surface area contributed by atoms with Crippen LogP contribution in [0.2, 0.25) is 0 Å². The lowest BCUT2D eigenvalue weighted by Gasteiger charge is -2.39. The average Bonchev–Trinajstić information content (AvgIpc) is 2.66. The molecule has 0 saturated heterocycles. The third-order valence-electron chi connectivity index (χ3n) is 4.26. The number of hydrogen-bond acceptors (Lipinski definition) is 3. The van der Waals surface area contributed by atoms with Crippen LogP contribution < -0.4 is 5.32 Å². The number of methoxy groups -OCH3 is 1. The largest absolute Gasteiger partial charge is 0.376 e. The third-order valence-corrected chi connectivity index (χ3v) is 5.14. The van der Waals surface area contributed by atoms with Crippen LogP contribution in [0.25, 0.3) is 0 Å². The summed E-state index contributed by atoms with van der Waals surface area (Å²) in [6.07, 6.45) is 7.62. The molecule has 0 radical (unpaired) electrons. The van der Waals surface area contributed by atoms with Gasteiger partial charge in [0.15, 0.2) is 0 Å². The summed E-state index contributed by atoms with van der Waals surface area (Å²) in [6, 6.07) is 2.63. The summed E-state index contributed by atoms with van der Waals surface area (Å²) in [6.45, 7) is 2.17. The highest BCUT2D eigenvalue weighted by Crippen LogP contribution is 2.41. The first-order chi connectivity index (χ1) is 8.72. The van der Waals surface area contributed by atoms with Gasteiger partial charge in [0, 0.05) is 12.0 Å². The number of likely N-dealkylation sites (N-methyl/N-ethyl adjacent to an activating group) is 1. The Labute approximate surface area is 115 Å². The van der Waals surface area contributed by atoms with Gasteiger partial charge in [-0.05, 0) is 43.8 Å². The molecular formula is C15H25NOS. The fourth-order valence-electron chi connectivity index (χ4n) is 3.29. The Morgan fingerprint density at radius 3 is 2.39 bits per heavy atom. The highest BCUT2D eigenvalue weighted by molar-refractivity contribution is 7.10. The Bertz CT molecular complexity index is 366. The lowest BCUT2D eigenvalue weighted by molar-refractivity contribution is -0.0521. The van der Waals surface area contributed by atoms with Crippen LogP contribution in [0.5, 0.6) is 0 Å². The second kappa shape index (κ2) is 6.18. The maximum atomic E-state index is 6.02. The topological polar surface area (TPSA) is 21.3 Å². The fraction of sp³-hybridized carbons (Fsp3) is 0.733. The number of rotatable bonds is 4.